The van der Waals surface area contributed by atoms with Gasteiger partial charge in [0.15, 0.2) is 0 Å². The van der Waals surface area contributed by atoms with Crippen LogP contribution in [-0.4, -0.2) is 26.5 Å². The summed E-state index contributed by atoms with van der Waals surface area (Å²) in [6.45, 7) is 13.7. The van der Waals surface area contributed by atoms with E-state index in [-0.39, 0.29) is 17.9 Å². The summed E-state index contributed by atoms with van der Waals surface area (Å²) in [6, 6.07) is 9.54. The van der Waals surface area contributed by atoms with E-state index in [1.807, 2.05) is 58.9 Å². The van der Waals surface area contributed by atoms with Gasteiger partial charge in [0.25, 0.3) is 5.56 Å². The van der Waals surface area contributed by atoms with Crippen molar-refractivity contribution < 1.29 is 14.7 Å². The predicted octanol–water partition coefficient (Wildman–Crippen LogP) is 5.40. The van der Waals surface area contributed by atoms with Gasteiger partial charge in [0.2, 0.25) is 5.91 Å². The van der Waals surface area contributed by atoms with Crippen LogP contribution in [0, 0.1) is 26.7 Å². The Morgan fingerprint density at radius 3 is 2.38 bits per heavy atom. The third-order valence-electron chi connectivity index (χ3n) is 6.42. The summed E-state index contributed by atoms with van der Waals surface area (Å²) in [6.07, 6.45) is 4.96. The minimum absolute atomic E-state index is 0.131. The van der Waals surface area contributed by atoms with Crippen LogP contribution in [0.25, 0.3) is 17.2 Å². The lowest BCUT2D eigenvalue weighted by Crippen LogP contribution is -2.40. The molecule has 0 aliphatic carbocycles. The molecule has 2 heterocycles. The summed E-state index contributed by atoms with van der Waals surface area (Å²) in [5.74, 6) is -1.34. The van der Waals surface area contributed by atoms with Gasteiger partial charge in [-0.25, -0.2) is 0 Å². The van der Waals surface area contributed by atoms with Crippen molar-refractivity contribution in [2.75, 3.05) is 0 Å². The van der Waals surface area contributed by atoms with Crippen LogP contribution in [0.15, 0.2) is 60.2 Å². The van der Waals surface area contributed by atoms with Gasteiger partial charge >= 0.3 is 5.97 Å². The van der Waals surface area contributed by atoms with Crippen molar-refractivity contribution in [2.24, 2.45) is 5.92 Å². The summed E-state index contributed by atoms with van der Waals surface area (Å²) in [5.41, 5.74) is 5.69. The van der Waals surface area contributed by atoms with Crippen LogP contribution in [0.1, 0.15) is 66.7 Å². The summed E-state index contributed by atoms with van der Waals surface area (Å²) in [7, 11) is 0. The number of rotatable bonds is 10. The van der Waals surface area contributed by atoms with Gasteiger partial charge in [-0.05, 0) is 79.1 Å². The van der Waals surface area contributed by atoms with E-state index in [1.165, 1.54) is 10.6 Å². The number of amides is 1. The Morgan fingerprint density at radius 2 is 1.81 bits per heavy atom. The number of benzene rings is 1. The van der Waals surface area contributed by atoms with E-state index in [0.29, 0.717) is 17.7 Å². The molecular formula is C30H35N3O4. The lowest BCUT2D eigenvalue weighted by atomic mass is 9.92. The first-order chi connectivity index (χ1) is 17.5. The molecule has 194 valence electrons. The minimum Gasteiger partial charge on any atom is -0.481 e. The molecule has 3 rings (SSSR count). The average molecular weight is 502 g/mol. The van der Waals surface area contributed by atoms with E-state index < -0.39 is 24.0 Å². The minimum atomic E-state index is -1.06. The van der Waals surface area contributed by atoms with E-state index in [2.05, 4.69) is 16.9 Å². The zero-order valence-electron chi connectivity index (χ0n) is 22.1. The molecule has 0 aliphatic rings. The van der Waals surface area contributed by atoms with Crippen molar-refractivity contribution in [1.29, 1.82) is 0 Å². The lowest BCUT2D eigenvalue weighted by molar-refractivity contribution is -0.138. The number of aryl methyl sites for hydroxylation is 3. The molecule has 3 aromatic rings. The second-order valence-corrected chi connectivity index (χ2v) is 9.93. The highest BCUT2D eigenvalue weighted by Crippen LogP contribution is 2.32. The van der Waals surface area contributed by atoms with Gasteiger partial charge < -0.3 is 15.0 Å². The molecule has 2 aromatic heterocycles. The number of hydrogen-bond donors (Lipinski definition) is 2. The van der Waals surface area contributed by atoms with Crippen molar-refractivity contribution in [3.8, 4) is 11.1 Å². The summed E-state index contributed by atoms with van der Waals surface area (Å²) >= 11 is 0. The number of carboxylic acid groups (broad SMARTS) is 1. The first-order valence-electron chi connectivity index (χ1n) is 12.4. The first kappa shape index (κ1) is 27.6. The highest BCUT2D eigenvalue weighted by atomic mass is 16.4. The monoisotopic (exact) mass is 501 g/mol. The number of nitrogens with one attached hydrogen (secondary N) is 1. The smallest absolute Gasteiger partial charge is 0.305 e. The quantitative estimate of drug-likeness (QED) is 0.387. The van der Waals surface area contributed by atoms with E-state index in [9.17, 15) is 19.5 Å². The maximum atomic E-state index is 13.6. The molecule has 1 amide bonds. The maximum Gasteiger partial charge on any atom is 0.305 e. The van der Waals surface area contributed by atoms with Gasteiger partial charge in [0.1, 0.15) is 6.04 Å². The summed E-state index contributed by atoms with van der Waals surface area (Å²) in [5, 5.41) is 12.6. The van der Waals surface area contributed by atoms with Crippen LogP contribution in [0.4, 0.5) is 0 Å². The average Bonchev–Trinajstić information content (AvgIpc) is 2.82. The Balaban J connectivity index is 2.06. The van der Waals surface area contributed by atoms with Crippen LogP contribution in [0.5, 0.6) is 0 Å². The summed E-state index contributed by atoms with van der Waals surface area (Å²) < 4.78 is 1.42. The molecule has 0 saturated carbocycles. The van der Waals surface area contributed by atoms with Gasteiger partial charge in [-0.2, -0.15) is 0 Å². The Kier molecular flexibility index (Phi) is 8.81. The number of carbonyl (C=O) groups excluding carboxylic acids is 1. The van der Waals surface area contributed by atoms with Crippen molar-refractivity contribution in [1.82, 2.24) is 14.9 Å². The SMILES string of the molecule is C=Cc1ncc([C@H](CC(=O)O)NC(=O)[C@H](CC(C)C)n2ccc(C)cc2=O)cc1-c1c(C)cccc1C. The molecule has 0 radical (unpaired) electrons. The highest BCUT2D eigenvalue weighted by molar-refractivity contribution is 5.82. The molecule has 0 fully saturated rings. The molecule has 7 heteroatoms. The zero-order valence-corrected chi connectivity index (χ0v) is 22.1. The molecule has 0 aliphatic heterocycles. The van der Waals surface area contributed by atoms with E-state index in [1.54, 1.807) is 24.5 Å². The molecule has 0 spiro atoms. The predicted molar refractivity (Wildman–Crippen MR) is 146 cm³/mol. The van der Waals surface area contributed by atoms with Crippen LogP contribution in [-0.2, 0) is 9.59 Å². The lowest BCUT2D eigenvalue weighted by Gasteiger charge is -2.25. The van der Waals surface area contributed by atoms with Crippen LogP contribution >= 0.6 is 0 Å². The Morgan fingerprint density at radius 1 is 1.14 bits per heavy atom. The topological polar surface area (TPSA) is 101 Å². The number of nitrogens with zero attached hydrogens (tertiary/aromatic N) is 2. The molecule has 37 heavy (non-hydrogen) atoms. The van der Waals surface area contributed by atoms with Gasteiger partial charge in [-0.15, -0.1) is 0 Å². The second kappa shape index (κ2) is 11.8. The third kappa shape index (κ3) is 6.61. The standard InChI is InChI=1S/C30H35N3O4/c1-7-24-23(29-20(5)9-8-10-21(29)6)15-22(17-31-24)25(16-28(35)36)32-30(37)26(13-18(2)3)33-12-11-19(4)14-27(33)34/h7-12,14-15,17-18,25-26H,1,13,16H2,2-6H3,(H,32,37)(H,35,36)/t25-,26-/m0/s1. The van der Waals surface area contributed by atoms with Gasteiger partial charge in [-0.3, -0.25) is 19.4 Å². The molecule has 2 N–H and O–H groups in total. The van der Waals surface area contributed by atoms with E-state index in [4.69, 9.17) is 0 Å². The first-order valence-corrected chi connectivity index (χ1v) is 12.4. The number of aromatic nitrogens is 2. The van der Waals surface area contributed by atoms with Crippen LogP contribution < -0.4 is 10.9 Å². The van der Waals surface area contributed by atoms with Crippen molar-refractivity contribution in [3.63, 3.8) is 0 Å². The number of hydrogen-bond acceptors (Lipinski definition) is 4. The molecule has 1 aromatic carbocycles. The van der Waals surface area contributed by atoms with Crippen molar-refractivity contribution in [3.05, 3.63) is 93.7 Å². The molecule has 7 nitrogen and oxygen atoms in total. The molecule has 0 unspecified atom stereocenters. The number of pyridine rings is 2. The molecular weight excluding hydrogens is 466 g/mol. The highest BCUT2D eigenvalue weighted by Gasteiger charge is 2.27. The van der Waals surface area contributed by atoms with Crippen molar-refractivity contribution >= 4 is 18.0 Å². The van der Waals surface area contributed by atoms with E-state index >= 15 is 0 Å². The second-order valence-electron chi connectivity index (χ2n) is 9.93. The molecule has 0 bridgehead atoms. The van der Waals surface area contributed by atoms with Gasteiger partial charge in [0, 0.05) is 24.0 Å². The van der Waals surface area contributed by atoms with Crippen LogP contribution in [0.3, 0.4) is 0 Å². The fraction of sp³-hybridized carbons (Fsp3) is 0.333. The van der Waals surface area contributed by atoms with Gasteiger partial charge in [-0.1, -0.05) is 38.6 Å². The molecule has 2 atom stereocenters. The Labute approximate surface area is 217 Å². The third-order valence-corrected chi connectivity index (χ3v) is 6.42. The van der Waals surface area contributed by atoms with E-state index in [0.717, 1.165) is 27.8 Å². The van der Waals surface area contributed by atoms with Crippen LogP contribution in [0.2, 0.25) is 0 Å². The Hall–Kier alpha value is -4.00. The normalized spacial score (nSPS) is 12.7. The maximum absolute atomic E-state index is 13.6. The number of carboxylic acids is 1. The zero-order chi connectivity index (χ0) is 27.3. The fourth-order valence-electron chi connectivity index (χ4n) is 4.62. The fourth-order valence-corrected chi connectivity index (χ4v) is 4.62. The van der Waals surface area contributed by atoms with Crippen molar-refractivity contribution in [2.45, 2.75) is 59.5 Å². The molecule has 0 saturated heterocycles. The Bertz CT molecular complexity index is 1350. The van der Waals surface area contributed by atoms with Gasteiger partial charge in [0.05, 0.1) is 18.2 Å². The number of aliphatic carboxylic acids is 1. The largest absolute Gasteiger partial charge is 0.481 e. The summed E-state index contributed by atoms with van der Waals surface area (Å²) in [4.78, 5) is 42.6. The number of carbonyl (C=O) groups is 2.